The molecule has 0 amide bonds. The van der Waals surface area contributed by atoms with Crippen LogP contribution in [0.4, 0.5) is 13.2 Å². The highest BCUT2D eigenvalue weighted by molar-refractivity contribution is 7.98. The first kappa shape index (κ1) is 15.6. The van der Waals surface area contributed by atoms with E-state index in [9.17, 15) is 18.0 Å². The third kappa shape index (κ3) is 4.36. The Morgan fingerprint density at radius 2 is 1.57 bits per heavy atom. The lowest BCUT2D eigenvalue weighted by molar-refractivity contribution is -0.137. The molecule has 0 N–H and O–H groups in total. The van der Waals surface area contributed by atoms with Crippen molar-refractivity contribution in [1.29, 1.82) is 0 Å². The molecule has 2 rings (SSSR count). The number of thioether (sulfide) groups is 1. The number of ketones is 1. The van der Waals surface area contributed by atoms with Crippen LogP contribution in [0.5, 0.6) is 0 Å². The third-order valence-corrected chi connectivity index (χ3v) is 4.03. The van der Waals surface area contributed by atoms with Gasteiger partial charge in [-0.3, -0.25) is 4.79 Å². The van der Waals surface area contributed by atoms with E-state index in [1.54, 1.807) is 12.1 Å². The molecule has 0 aliphatic rings. The van der Waals surface area contributed by atoms with Gasteiger partial charge in [0.15, 0.2) is 5.78 Å². The Kier molecular flexibility index (Phi) is 4.73. The first-order valence-corrected chi connectivity index (χ1v) is 7.25. The van der Waals surface area contributed by atoms with Crippen molar-refractivity contribution < 1.29 is 18.0 Å². The minimum Gasteiger partial charge on any atom is -0.295 e. The summed E-state index contributed by atoms with van der Waals surface area (Å²) in [5, 5.41) is 0. The molecule has 110 valence electrons. The number of halogens is 3. The van der Waals surface area contributed by atoms with Crippen LogP contribution in [0.3, 0.4) is 0 Å². The summed E-state index contributed by atoms with van der Waals surface area (Å²) in [4.78, 5) is 12.1. The van der Waals surface area contributed by atoms with Crippen molar-refractivity contribution in [2.45, 2.75) is 23.7 Å². The molecule has 5 heteroatoms. The van der Waals surface area contributed by atoms with Crippen molar-refractivity contribution >= 4 is 17.5 Å². The standard InChI is InChI=1S/C16H13F3OS/c1-11(20)13-4-8-15(9-5-13)21-10-12-2-6-14(7-3-12)16(17,18)19/h2-9H,10H2,1H3. The Hall–Kier alpha value is -1.75. The number of rotatable bonds is 4. The number of alkyl halides is 3. The van der Waals surface area contributed by atoms with Gasteiger partial charge in [0, 0.05) is 16.2 Å². The lowest BCUT2D eigenvalue weighted by Gasteiger charge is -2.07. The maximum Gasteiger partial charge on any atom is 0.416 e. The van der Waals surface area contributed by atoms with Gasteiger partial charge >= 0.3 is 6.18 Å². The van der Waals surface area contributed by atoms with Crippen molar-refractivity contribution in [2.75, 3.05) is 0 Å². The molecule has 0 atom stereocenters. The van der Waals surface area contributed by atoms with Crippen LogP contribution < -0.4 is 0 Å². The van der Waals surface area contributed by atoms with Gasteiger partial charge in [0.2, 0.25) is 0 Å². The lowest BCUT2D eigenvalue weighted by Crippen LogP contribution is -2.04. The zero-order valence-corrected chi connectivity index (χ0v) is 12.1. The number of benzene rings is 2. The average Bonchev–Trinajstić information content (AvgIpc) is 2.45. The van der Waals surface area contributed by atoms with Crippen LogP contribution in [0.25, 0.3) is 0 Å². The molecule has 0 heterocycles. The van der Waals surface area contributed by atoms with E-state index >= 15 is 0 Å². The fourth-order valence-electron chi connectivity index (χ4n) is 1.74. The van der Waals surface area contributed by atoms with E-state index in [0.29, 0.717) is 11.3 Å². The van der Waals surface area contributed by atoms with Gasteiger partial charge in [0.05, 0.1) is 5.56 Å². The van der Waals surface area contributed by atoms with Gasteiger partial charge in [-0.25, -0.2) is 0 Å². The van der Waals surface area contributed by atoms with Crippen molar-refractivity contribution in [3.05, 3.63) is 65.2 Å². The van der Waals surface area contributed by atoms with Gasteiger partial charge in [-0.05, 0) is 36.8 Å². The normalized spacial score (nSPS) is 11.4. The molecule has 1 nitrogen and oxygen atoms in total. The second-order valence-electron chi connectivity index (χ2n) is 4.56. The van der Waals surface area contributed by atoms with Crippen LogP contribution in [-0.4, -0.2) is 5.78 Å². The van der Waals surface area contributed by atoms with Crippen molar-refractivity contribution in [3.8, 4) is 0 Å². The summed E-state index contributed by atoms with van der Waals surface area (Å²) >= 11 is 1.51. The van der Waals surface area contributed by atoms with Crippen LogP contribution >= 0.6 is 11.8 Å². The molecule has 0 aliphatic carbocycles. The predicted octanol–water partition coefficient (Wildman–Crippen LogP) is 5.20. The molecule has 0 bridgehead atoms. The highest BCUT2D eigenvalue weighted by Gasteiger charge is 2.29. The fourth-order valence-corrected chi connectivity index (χ4v) is 2.60. The van der Waals surface area contributed by atoms with E-state index < -0.39 is 11.7 Å². The molecule has 0 spiro atoms. The number of hydrogen-bond acceptors (Lipinski definition) is 2. The van der Waals surface area contributed by atoms with Gasteiger partial charge < -0.3 is 0 Å². The van der Waals surface area contributed by atoms with Gasteiger partial charge in [-0.15, -0.1) is 11.8 Å². The summed E-state index contributed by atoms with van der Waals surface area (Å²) in [6, 6.07) is 12.3. The minimum absolute atomic E-state index is 0.00860. The Bertz CT molecular complexity index is 615. The van der Waals surface area contributed by atoms with Crippen LogP contribution in [0.15, 0.2) is 53.4 Å². The van der Waals surface area contributed by atoms with Gasteiger partial charge in [-0.1, -0.05) is 24.3 Å². The average molecular weight is 310 g/mol. The smallest absolute Gasteiger partial charge is 0.295 e. The van der Waals surface area contributed by atoms with Crippen molar-refractivity contribution in [1.82, 2.24) is 0 Å². The number of Topliss-reactive ketones (excluding diaryl/α,β-unsaturated/α-hetero) is 1. The monoisotopic (exact) mass is 310 g/mol. The third-order valence-electron chi connectivity index (χ3n) is 2.95. The maximum absolute atomic E-state index is 12.4. The molecule has 0 aromatic heterocycles. The summed E-state index contributed by atoms with van der Waals surface area (Å²) in [7, 11) is 0. The molecule has 21 heavy (non-hydrogen) atoms. The SMILES string of the molecule is CC(=O)c1ccc(SCc2ccc(C(F)(F)F)cc2)cc1. The molecule has 2 aromatic rings. The highest BCUT2D eigenvalue weighted by Crippen LogP contribution is 2.30. The zero-order valence-electron chi connectivity index (χ0n) is 11.3. The number of hydrogen-bond donors (Lipinski definition) is 0. The molecular weight excluding hydrogens is 297 g/mol. The largest absolute Gasteiger partial charge is 0.416 e. The molecule has 0 saturated heterocycles. The second-order valence-corrected chi connectivity index (χ2v) is 5.61. The molecule has 0 radical (unpaired) electrons. The quantitative estimate of drug-likeness (QED) is 0.570. The predicted molar refractivity (Wildman–Crippen MR) is 77.5 cm³/mol. The Morgan fingerprint density at radius 3 is 2.05 bits per heavy atom. The van der Waals surface area contributed by atoms with Crippen LogP contribution in [0, 0.1) is 0 Å². The van der Waals surface area contributed by atoms with E-state index in [2.05, 4.69) is 0 Å². The van der Waals surface area contributed by atoms with E-state index in [1.807, 2.05) is 12.1 Å². The van der Waals surface area contributed by atoms with Gasteiger partial charge in [0.25, 0.3) is 0 Å². The molecular formula is C16H13F3OS. The Morgan fingerprint density at radius 1 is 1.00 bits per heavy atom. The highest BCUT2D eigenvalue weighted by atomic mass is 32.2. The van der Waals surface area contributed by atoms with Crippen LogP contribution in [0.2, 0.25) is 0 Å². The van der Waals surface area contributed by atoms with Gasteiger partial charge in [0.1, 0.15) is 0 Å². The minimum atomic E-state index is -4.30. The van der Waals surface area contributed by atoms with Gasteiger partial charge in [-0.2, -0.15) is 13.2 Å². The summed E-state index contributed by atoms with van der Waals surface area (Å²) in [5.74, 6) is 0.590. The second kappa shape index (κ2) is 6.35. The Labute approximate surface area is 125 Å². The summed E-state index contributed by atoms with van der Waals surface area (Å²) in [6.45, 7) is 1.50. The lowest BCUT2D eigenvalue weighted by atomic mass is 10.1. The zero-order chi connectivity index (χ0) is 15.5. The first-order chi connectivity index (χ1) is 9.86. The van der Waals surface area contributed by atoms with E-state index in [-0.39, 0.29) is 5.78 Å². The molecule has 0 saturated carbocycles. The van der Waals surface area contributed by atoms with Crippen molar-refractivity contribution in [2.24, 2.45) is 0 Å². The number of carbonyl (C=O) groups excluding carboxylic acids is 1. The summed E-state index contributed by atoms with van der Waals surface area (Å²) in [5.41, 5.74) is 0.833. The molecule has 0 fully saturated rings. The molecule has 0 unspecified atom stereocenters. The molecule has 0 aliphatic heterocycles. The van der Waals surface area contributed by atoms with E-state index in [1.165, 1.54) is 30.8 Å². The Balaban J connectivity index is 1.98. The van der Waals surface area contributed by atoms with Crippen LogP contribution in [0.1, 0.15) is 28.4 Å². The maximum atomic E-state index is 12.4. The number of carbonyl (C=O) groups is 1. The fraction of sp³-hybridized carbons (Fsp3) is 0.188. The van der Waals surface area contributed by atoms with Crippen LogP contribution in [-0.2, 0) is 11.9 Å². The topological polar surface area (TPSA) is 17.1 Å². The van der Waals surface area contributed by atoms with Crippen molar-refractivity contribution in [3.63, 3.8) is 0 Å². The van der Waals surface area contributed by atoms with E-state index in [4.69, 9.17) is 0 Å². The summed E-state index contributed by atoms with van der Waals surface area (Å²) < 4.78 is 37.3. The first-order valence-electron chi connectivity index (χ1n) is 6.26. The van der Waals surface area contributed by atoms with E-state index in [0.717, 1.165) is 22.6 Å². The summed E-state index contributed by atoms with van der Waals surface area (Å²) in [6.07, 6.45) is -4.30. The molecule has 2 aromatic carbocycles.